The first-order valence-electron chi connectivity index (χ1n) is 8.64. The van der Waals surface area contributed by atoms with Gasteiger partial charge in [-0.25, -0.2) is 4.68 Å². The van der Waals surface area contributed by atoms with Crippen LogP contribution in [0.5, 0.6) is 0 Å². The fourth-order valence-corrected chi connectivity index (χ4v) is 3.06. The van der Waals surface area contributed by atoms with Crippen LogP contribution in [0.1, 0.15) is 22.2 Å². The molecule has 0 saturated carbocycles. The van der Waals surface area contributed by atoms with Crippen LogP contribution >= 0.6 is 0 Å². The molecule has 0 radical (unpaired) electrons. The van der Waals surface area contributed by atoms with Crippen LogP contribution in [-0.2, 0) is 0 Å². The first-order valence-corrected chi connectivity index (χ1v) is 8.64. The lowest BCUT2D eigenvalue weighted by Crippen LogP contribution is -2.48. The zero-order valence-electron chi connectivity index (χ0n) is 14.6. The molecule has 10 nitrogen and oxygen atoms in total. The van der Waals surface area contributed by atoms with Crippen molar-refractivity contribution in [2.24, 2.45) is 0 Å². The molecule has 4 heterocycles. The molecular formula is C18H14N8O2. The summed E-state index contributed by atoms with van der Waals surface area (Å²) in [5.41, 5.74) is 2.10. The quantitative estimate of drug-likeness (QED) is 0.525. The molecule has 28 heavy (non-hydrogen) atoms. The number of hydrogen-bond donors (Lipinski definition) is 0. The second kappa shape index (κ2) is 6.65. The summed E-state index contributed by atoms with van der Waals surface area (Å²) in [6.07, 6.45) is 4.86. The number of nitrogens with zero attached hydrogens (tertiary/aromatic N) is 8. The summed E-state index contributed by atoms with van der Waals surface area (Å²) in [6, 6.07) is 10.9. The monoisotopic (exact) mass is 374 g/mol. The number of rotatable bonds is 4. The number of benzene rings is 1. The van der Waals surface area contributed by atoms with E-state index in [1.54, 1.807) is 35.5 Å². The lowest BCUT2D eigenvalue weighted by molar-refractivity contribution is 0.0569. The first-order chi connectivity index (χ1) is 13.8. The maximum absolute atomic E-state index is 12.7. The Morgan fingerprint density at radius 3 is 2.89 bits per heavy atom. The molecule has 0 atom stereocenters. The van der Waals surface area contributed by atoms with Gasteiger partial charge >= 0.3 is 0 Å². The van der Waals surface area contributed by atoms with Crippen LogP contribution in [0.4, 0.5) is 0 Å². The number of amides is 1. The van der Waals surface area contributed by atoms with Gasteiger partial charge in [-0.05, 0) is 40.8 Å². The van der Waals surface area contributed by atoms with Gasteiger partial charge in [0, 0.05) is 36.6 Å². The highest BCUT2D eigenvalue weighted by Gasteiger charge is 2.36. The van der Waals surface area contributed by atoms with E-state index in [0.29, 0.717) is 30.4 Å². The fourth-order valence-electron chi connectivity index (χ4n) is 3.06. The standard InChI is InChI=1S/C18H14N8O2/c27-18(12-3-1-5-15(7-12)26-11-20-23-24-26)25-9-14(10-25)17-21-16(22-28-17)13-4-2-6-19-8-13/h1-8,11,14H,9-10H2. The Labute approximate surface area is 158 Å². The summed E-state index contributed by atoms with van der Waals surface area (Å²) in [5.74, 6) is 1.01. The maximum Gasteiger partial charge on any atom is 0.253 e. The van der Waals surface area contributed by atoms with Gasteiger partial charge in [-0.1, -0.05) is 11.2 Å². The molecule has 10 heteroatoms. The van der Waals surface area contributed by atoms with Crippen molar-refractivity contribution in [1.29, 1.82) is 0 Å². The van der Waals surface area contributed by atoms with Crippen LogP contribution in [0.15, 0.2) is 59.6 Å². The summed E-state index contributed by atoms with van der Waals surface area (Å²) >= 11 is 0. The predicted octanol–water partition coefficient (Wildman–Crippen LogP) is 1.35. The van der Waals surface area contributed by atoms with Crippen molar-refractivity contribution in [2.45, 2.75) is 5.92 Å². The molecule has 1 amide bonds. The Morgan fingerprint density at radius 1 is 1.18 bits per heavy atom. The van der Waals surface area contributed by atoms with Gasteiger partial charge in [0.2, 0.25) is 11.7 Å². The van der Waals surface area contributed by atoms with Crippen molar-refractivity contribution < 1.29 is 9.32 Å². The van der Waals surface area contributed by atoms with Gasteiger partial charge in [-0.2, -0.15) is 4.98 Å². The smallest absolute Gasteiger partial charge is 0.253 e. The second-order valence-electron chi connectivity index (χ2n) is 6.41. The molecule has 3 aromatic heterocycles. The third-order valence-electron chi connectivity index (χ3n) is 4.59. The normalized spacial score (nSPS) is 14.1. The van der Waals surface area contributed by atoms with E-state index in [1.807, 2.05) is 18.2 Å². The van der Waals surface area contributed by atoms with E-state index in [1.165, 1.54) is 11.0 Å². The minimum atomic E-state index is -0.0572. The Kier molecular flexibility index (Phi) is 3.86. The summed E-state index contributed by atoms with van der Waals surface area (Å²) < 4.78 is 6.88. The Bertz CT molecular complexity index is 1100. The number of likely N-dealkylation sites (tertiary alicyclic amines) is 1. The predicted molar refractivity (Wildman–Crippen MR) is 95.3 cm³/mol. The molecule has 1 aromatic carbocycles. The highest BCUT2D eigenvalue weighted by atomic mass is 16.5. The molecule has 1 fully saturated rings. The number of carbonyl (C=O) groups excluding carboxylic acids is 1. The molecule has 1 aliphatic heterocycles. The van der Waals surface area contributed by atoms with E-state index in [0.717, 1.165) is 11.3 Å². The van der Waals surface area contributed by atoms with Gasteiger partial charge in [0.15, 0.2) is 0 Å². The minimum absolute atomic E-state index is 0.0320. The van der Waals surface area contributed by atoms with Crippen LogP contribution < -0.4 is 0 Å². The van der Waals surface area contributed by atoms with E-state index in [4.69, 9.17) is 4.52 Å². The number of carbonyl (C=O) groups is 1. The van der Waals surface area contributed by atoms with Gasteiger partial charge in [-0.3, -0.25) is 9.78 Å². The summed E-state index contributed by atoms with van der Waals surface area (Å²) in [4.78, 5) is 23.0. The van der Waals surface area contributed by atoms with Gasteiger partial charge < -0.3 is 9.42 Å². The lowest BCUT2D eigenvalue weighted by atomic mass is 9.98. The highest BCUT2D eigenvalue weighted by molar-refractivity contribution is 5.95. The number of pyridine rings is 1. The summed E-state index contributed by atoms with van der Waals surface area (Å²) in [6.45, 7) is 1.06. The van der Waals surface area contributed by atoms with Gasteiger partial charge in [-0.15, -0.1) is 5.10 Å². The Hall–Kier alpha value is -3.95. The summed E-state index contributed by atoms with van der Waals surface area (Å²) in [5, 5.41) is 15.1. The Balaban J connectivity index is 1.27. The average Bonchev–Trinajstić information content (AvgIpc) is 3.40. The van der Waals surface area contributed by atoms with E-state index >= 15 is 0 Å². The lowest BCUT2D eigenvalue weighted by Gasteiger charge is -2.37. The molecule has 5 rings (SSSR count). The molecule has 0 bridgehead atoms. The highest BCUT2D eigenvalue weighted by Crippen LogP contribution is 2.29. The third kappa shape index (κ3) is 2.90. The van der Waals surface area contributed by atoms with Crippen LogP contribution in [0.2, 0.25) is 0 Å². The van der Waals surface area contributed by atoms with Crippen molar-refractivity contribution >= 4 is 5.91 Å². The van der Waals surface area contributed by atoms with Gasteiger partial charge in [0.25, 0.3) is 5.91 Å². The van der Waals surface area contributed by atoms with E-state index in [-0.39, 0.29) is 11.8 Å². The minimum Gasteiger partial charge on any atom is -0.339 e. The molecule has 0 N–H and O–H groups in total. The third-order valence-corrected chi connectivity index (χ3v) is 4.59. The summed E-state index contributed by atoms with van der Waals surface area (Å²) in [7, 11) is 0. The van der Waals surface area contributed by atoms with Crippen molar-refractivity contribution in [3.8, 4) is 17.1 Å². The second-order valence-corrected chi connectivity index (χ2v) is 6.41. The molecule has 1 aliphatic rings. The van der Waals surface area contributed by atoms with Crippen molar-refractivity contribution in [3.05, 3.63) is 66.6 Å². The zero-order chi connectivity index (χ0) is 18.9. The van der Waals surface area contributed by atoms with E-state index in [2.05, 4.69) is 30.7 Å². The van der Waals surface area contributed by atoms with Crippen LogP contribution in [-0.4, -0.2) is 59.2 Å². The van der Waals surface area contributed by atoms with Crippen molar-refractivity contribution in [3.63, 3.8) is 0 Å². The van der Waals surface area contributed by atoms with E-state index < -0.39 is 0 Å². The molecule has 138 valence electrons. The van der Waals surface area contributed by atoms with Gasteiger partial charge in [0.1, 0.15) is 6.33 Å². The zero-order valence-corrected chi connectivity index (χ0v) is 14.6. The van der Waals surface area contributed by atoms with Crippen LogP contribution in [0.3, 0.4) is 0 Å². The van der Waals surface area contributed by atoms with Crippen molar-refractivity contribution in [2.75, 3.05) is 13.1 Å². The number of aromatic nitrogens is 7. The largest absolute Gasteiger partial charge is 0.339 e. The molecule has 0 aliphatic carbocycles. The fraction of sp³-hybridized carbons (Fsp3) is 0.167. The number of tetrazole rings is 1. The maximum atomic E-state index is 12.7. The first kappa shape index (κ1) is 16.2. The molecule has 1 saturated heterocycles. The van der Waals surface area contributed by atoms with Crippen molar-refractivity contribution in [1.82, 2.24) is 40.2 Å². The molecular weight excluding hydrogens is 360 g/mol. The molecule has 4 aromatic rings. The average molecular weight is 374 g/mol. The Morgan fingerprint density at radius 2 is 2.11 bits per heavy atom. The molecule has 0 unspecified atom stereocenters. The van der Waals surface area contributed by atoms with Crippen LogP contribution in [0, 0.1) is 0 Å². The van der Waals surface area contributed by atoms with Crippen LogP contribution in [0.25, 0.3) is 17.1 Å². The SMILES string of the molecule is O=C(c1cccc(-n2cnnn2)c1)N1CC(c2nc(-c3cccnc3)no2)C1. The number of hydrogen-bond acceptors (Lipinski definition) is 8. The molecule has 0 spiro atoms. The van der Waals surface area contributed by atoms with E-state index in [9.17, 15) is 4.79 Å². The topological polar surface area (TPSA) is 116 Å². The van der Waals surface area contributed by atoms with Gasteiger partial charge in [0.05, 0.1) is 11.6 Å².